The molecule has 1 amide bonds. The molecule has 0 bridgehead atoms. The van der Waals surface area contributed by atoms with E-state index >= 15 is 0 Å². The van der Waals surface area contributed by atoms with Crippen molar-refractivity contribution in [2.45, 2.75) is 19.8 Å². The maximum atomic E-state index is 12.5. The van der Waals surface area contributed by atoms with Crippen LogP contribution in [-0.2, 0) is 4.74 Å². The van der Waals surface area contributed by atoms with Crippen molar-refractivity contribution >= 4 is 17.6 Å². The predicted molar refractivity (Wildman–Crippen MR) is 92.6 cm³/mol. The van der Waals surface area contributed by atoms with Crippen LogP contribution >= 0.6 is 0 Å². The van der Waals surface area contributed by atoms with Gasteiger partial charge in [-0.25, -0.2) is 4.79 Å². The van der Waals surface area contributed by atoms with Gasteiger partial charge in [0.15, 0.2) is 0 Å². The fraction of sp³-hybridized carbons (Fsp3) is 0.263. The minimum atomic E-state index is -0.414. The number of nitrogens with one attached hydrogen (secondary N) is 1. The highest BCUT2D eigenvalue weighted by Gasteiger charge is 2.13. The number of methoxy groups -OCH3 is 1. The minimum Gasteiger partial charge on any atom is -0.493 e. The number of unbranched alkanes of at least 4 members (excludes halogenated alkanes) is 1. The van der Waals surface area contributed by atoms with Crippen molar-refractivity contribution in [3.05, 3.63) is 59.7 Å². The summed E-state index contributed by atoms with van der Waals surface area (Å²) in [5.41, 5.74) is 1.50. The standard InChI is InChI=1S/C19H21NO4/c1-3-4-13-24-17-8-6-5-7-16(17)18(21)20-15-11-9-14(10-12-15)19(22)23-2/h5-12H,3-4,13H2,1-2H3,(H,20,21). The molecule has 0 aliphatic carbocycles. The fourth-order valence-corrected chi connectivity index (χ4v) is 2.11. The van der Waals surface area contributed by atoms with Crippen molar-refractivity contribution < 1.29 is 19.1 Å². The van der Waals surface area contributed by atoms with Gasteiger partial charge in [0.25, 0.3) is 5.91 Å². The lowest BCUT2D eigenvalue weighted by Crippen LogP contribution is -2.14. The highest BCUT2D eigenvalue weighted by molar-refractivity contribution is 6.06. The lowest BCUT2D eigenvalue weighted by Gasteiger charge is -2.11. The molecule has 5 heteroatoms. The Balaban J connectivity index is 2.08. The second-order valence-corrected chi connectivity index (χ2v) is 5.22. The number of benzene rings is 2. The number of hydrogen-bond acceptors (Lipinski definition) is 4. The summed E-state index contributed by atoms with van der Waals surface area (Å²) in [5, 5.41) is 2.80. The molecule has 1 N–H and O–H groups in total. The summed E-state index contributed by atoms with van der Waals surface area (Å²) >= 11 is 0. The summed E-state index contributed by atoms with van der Waals surface area (Å²) in [5.74, 6) is -0.106. The van der Waals surface area contributed by atoms with Gasteiger partial charge >= 0.3 is 5.97 Å². The summed E-state index contributed by atoms with van der Waals surface area (Å²) in [7, 11) is 1.33. The molecule has 0 saturated heterocycles. The molecule has 5 nitrogen and oxygen atoms in total. The average molecular weight is 327 g/mol. The maximum absolute atomic E-state index is 12.5. The Morgan fingerprint density at radius 3 is 2.42 bits per heavy atom. The van der Waals surface area contributed by atoms with E-state index in [9.17, 15) is 9.59 Å². The van der Waals surface area contributed by atoms with E-state index in [2.05, 4.69) is 17.0 Å². The van der Waals surface area contributed by atoms with Crippen molar-refractivity contribution in [2.24, 2.45) is 0 Å². The molecule has 2 aromatic rings. The third kappa shape index (κ3) is 4.59. The van der Waals surface area contributed by atoms with Gasteiger partial charge in [-0.15, -0.1) is 0 Å². The first kappa shape index (κ1) is 17.5. The van der Waals surface area contributed by atoms with Crippen LogP contribution in [-0.4, -0.2) is 25.6 Å². The van der Waals surface area contributed by atoms with Gasteiger partial charge in [0, 0.05) is 5.69 Å². The molecule has 2 rings (SSSR count). The van der Waals surface area contributed by atoms with Crippen LogP contribution in [0, 0.1) is 0 Å². The average Bonchev–Trinajstić information content (AvgIpc) is 2.62. The van der Waals surface area contributed by atoms with Crippen LogP contribution in [0.25, 0.3) is 0 Å². The molecule has 0 spiro atoms. The fourth-order valence-electron chi connectivity index (χ4n) is 2.11. The third-order valence-electron chi connectivity index (χ3n) is 3.45. The maximum Gasteiger partial charge on any atom is 0.337 e. The Labute approximate surface area is 141 Å². The number of amides is 1. The number of anilines is 1. The van der Waals surface area contributed by atoms with Gasteiger partial charge in [-0.1, -0.05) is 25.5 Å². The van der Waals surface area contributed by atoms with Crippen molar-refractivity contribution in [1.82, 2.24) is 0 Å². The number of esters is 1. The largest absolute Gasteiger partial charge is 0.493 e. The van der Waals surface area contributed by atoms with Crippen molar-refractivity contribution in [2.75, 3.05) is 19.0 Å². The molecular weight excluding hydrogens is 306 g/mol. The van der Waals surface area contributed by atoms with E-state index in [0.717, 1.165) is 12.8 Å². The number of carbonyl (C=O) groups excluding carboxylic acids is 2. The zero-order valence-electron chi connectivity index (χ0n) is 13.9. The molecule has 0 saturated carbocycles. The van der Waals surface area contributed by atoms with Crippen LogP contribution in [0.3, 0.4) is 0 Å². The van der Waals surface area contributed by atoms with E-state index in [0.29, 0.717) is 29.2 Å². The van der Waals surface area contributed by atoms with Gasteiger partial charge in [-0.3, -0.25) is 4.79 Å². The second kappa shape index (κ2) is 8.72. The van der Waals surface area contributed by atoms with Crippen molar-refractivity contribution in [1.29, 1.82) is 0 Å². The first-order chi connectivity index (χ1) is 11.7. The molecule has 2 aromatic carbocycles. The molecule has 24 heavy (non-hydrogen) atoms. The van der Waals surface area contributed by atoms with Crippen molar-refractivity contribution in [3.8, 4) is 5.75 Å². The Hall–Kier alpha value is -2.82. The first-order valence-corrected chi connectivity index (χ1v) is 7.87. The van der Waals surface area contributed by atoms with Gasteiger partial charge in [0.05, 0.1) is 24.8 Å². The lowest BCUT2D eigenvalue weighted by atomic mass is 10.1. The number of carbonyl (C=O) groups is 2. The molecular formula is C19H21NO4. The summed E-state index contributed by atoms with van der Waals surface area (Å²) in [6, 6.07) is 13.7. The minimum absolute atomic E-state index is 0.257. The van der Waals surface area contributed by atoms with E-state index in [-0.39, 0.29) is 5.91 Å². The summed E-state index contributed by atoms with van der Waals surface area (Å²) in [6.07, 6.45) is 1.96. The van der Waals surface area contributed by atoms with E-state index < -0.39 is 5.97 Å². The Morgan fingerprint density at radius 2 is 1.75 bits per heavy atom. The van der Waals surface area contributed by atoms with Gasteiger partial charge in [0.1, 0.15) is 5.75 Å². The monoisotopic (exact) mass is 327 g/mol. The summed E-state index contributed by atoms with van der Waals surface area (Å²) in [4.78, 5) is 23.9. The molecule has 0 fully saturated rings. The third-order valence-corrected chi connectivity index (χ3v) is 3.45. The highest BCUT2D eigenvalue weighted by atomic mass is 16.5. The molecule has 0 radical (unpaired) electrons. The topological polar surface area (TPSA) is 64.6 Å². The first-order valence-electron chi connectivity index (χ1n) is 7.87. The van der Waals surface area contributed by atoms with Crippen LogP contribution in [0.2, 0.25) is 0 Å². The van der Waals surface area contributed by atoms with E-state index in [4.69, 9.17) is 4.74 Å². The molecule has 0 aromatic heterocycles. The van der Waals surface area contributed by atoms with Crippen LogP contribution in [0.4, 0.5) is 5.69 Å². The van der Waals surface area contributed by atoms with Crippen LogP contribution in [0.5, 0.6) is 5.75 Å². The van der Waals surface area contributed by atoms with E-state index in [1.807, 2.05) is 6.07 Å². The number of ether oxygens (including phenoxy) is 2. The second-order valence-electron chi connectivity index (χ2n) is 5.22. The molecule has 0 atom stereocenters. The zero-order chi connectivity index (χ0) is 17.4. The van der Waals surface area contributed by atoms with E-state index in [1.54, 1.807) is 42.5 Å². The summed E-state index contributed by atoms with van der Waals surface area (Å²) in [6.45, 7) is 2.66. The Morgan fingerprint density at radius 1 is 1.04 bits per heavy atom. The van der Waals surface area contributed by atoms with Gasteiger partial charge in [-0.05, 0) is 42.8 Å². The Bertz CT molecular complexity index is 695. The summed E-state index contributed by atoms with van der Waals surface area (Å²) < 4.78 is 10.3. The molecule has 126 valence electrons. The quantitative estimate of drug-likeness (QED) is 0.619. The lowest BCUT2D eigenvalue weighted by molar-refractivity contribution is 0.0600. The predicted octanol–water partition coefficient (Wildman–Crippen LogP) is 3.90. The van der Waals surface area contributed by atoms with Gasteiger partial charge in [0.2, 0.25) is 0 Å². The van der Waals surface area contributed by atoms with Crippen molar-refractivity contribution in [3.63, 3.8) is 0 Å². The number of para-hydroxylation sites is 1. The Kier molecular flexibility index (Phi) is 6.37. The van der Waals surface area contributed by atoms with Gasteiger partial charge in [-0.2, -0.15) is 0 Å². The highest BCUT2D eigenvalue weighted by Crippen LogP contribution is 2.20. The van der Waals surface area contributed by atoms with Crippen LogP contribution < -0.4 is 10.1 Å². The van der Waals surface area contributed by atoms with Crippen LogP contribution in [0.1, 0.15) is 40.5 Å². The van der Waals surface area contributed by atoms with Gasteiger partial charge < -0.3 is 14.8 Å². The number of hydrogen-bond donors (Lipinski definition) is 1. The molecule has 0 aliphatic heterocycles. The van der Waals surface area contributed by atoms with E-state index in [1.165, 1.54) is 7.11 Å². The normalized spacial score (nSPS) is 10.1. The number of rotatable bonds is 7. The molecule has 0 heterocycles. The van der Waals surface area contributed by atoms with Crippen LogP contribution in [0.15, 0.2) is 48.5 Å². The smallest absolute Gasteiger partial charge is 0.337 e. The molecule has 0 unspecified atom stereocenters. The molecule has 0 aliphatic rings. The SMILES string of the molecule is CCCCOc1ccccc1C(=O)Nc1ccc(C(=O)OC)cc1. The zero-order valence-corrected chi connectivity index (χ0v) is 13.9.